The minimum atomic E-state index is -0.981. The number of nitrogens with one attached hydrogen (secondary N) is 1. The number of benzene rings is 3. The van der Waals surface area contributed by atoms with Crippen molar-refractivity contribution in [2.45, 2.75) is 26.5 Å². The van der Waals surface area contributed by atoms with E-state index in [4.69, 9.17) is 30.5 Å². The van der Waals surface area contributed by atoms with Gasteiger partial charge in [0.05, 0.1) is 27.4 Å². The van der Waals surface area contributed by atoms with Crippen LogP contribution < -0.4 is 24.3 Å². The van der Waals surface area contributed by atoms with Crippen molar-refractivity contribution in [3.8, 4) is 23.0 Å². The number of aliphatic hydroxyl groups is 1. The third-order valence-electron chi connectivity index (χ3n) is 5.16. The summed E-state index contributed by atoms with van der Waals surface area (Å²) in [7, 11) is 3.24. The first-order valence-corrected chi connectivity index (χ1v) is 11.2. The first kappa shape index (κ1) is 24.6. The molecule has 2 N–H and O–H groups in total. The summed E-state index contributed by atoms with van der Waals surface area (Å²) in [6.45, 7) is 5.22. The van der Waals surface area contributed by atoms with Crippen molar-refractivity contribution in [3.05, 3.63) is 76.3 Å². The quantitative estimate of drug-likeness (QED) is 0.365. The number of ether oxygens (including phenoxy) is 4. The number of hydrogen-bond acceptors (Lipinski definition) is 6. The van der Waals surface area contributed by atoms with Gasteiger partial charge < -0.3 is 29.4 Å². The standard InChI is InChI=1S/C26H30ClNO5/c1-5-32-23-9-7-8-20(26(23)33-6-2)25(29)21-14-18(27)11-13-22(21)28-16-17-10-12-19(30-3)15-24(17)31-4/h7-15,25,28-29H,5-6,16H2,1-4H3. The van der Waals surface area contributed by atoms with E-state index in [-0.39, 0.29) is 0 Å². The molecule has 6 nitrogen and oxygen atoms in total. The Bertz CT molecular complexity index is 1070. The van der Waals surface area contributed by atoms with Gasteiger partial charge in [0, 0.05) is 40.0 Å². The topological polar surface area (TPSA) is 69.2 Å². The molecule has 7 heteroatoms. The zero-order valence-electron chi connectivity index (χ0n) is 19.4. The molecule has 0 radical (unpaired) electrons. The Labute approximate surface area is 200 Å². The van der Waals surface area contributed by atoms with E-state index in [1.54, 1.807) is 26.4 Å². The molecule has 0 amide bonds. The summed E-state index contributed by atoms with van der Waals surface area (Å²) >= 11 is 6.30. The van der Waals surface area contributed by atoms with Crippen molar-refractivity contribution in [1.82, 2.24) is 0 Å². The number of methoxy groups -OCH3 is 2. The molecule has 1 unspecified atom stereocenters. The molecule has 0 heterocycles. The van der Waals surface area contributed by atoms with Crippen molar-refractivity contribution in [3.63, 3.8) is 0 Å². The van der Waals surface area contributed by atoms with E-state index in [2.05, 4.69) is 5.32 Å². The molecule has 0 aliphatic carbocycles. The van der Waals surface area contributed by atoms with Gasteiger partial charge >= 0.3 is 0 Å². The van der Waals surface area contributed by atoms with Gasteiger partial charge in [0.25, 0.3) is 0 Å². The van der Waals surface area contributed by atoms with Gasteiger partial charge in [-0.15, -0.1) is 0 Å². The Morgan fingerprint density at radius 2 is 1.67 bits per heavy atom. The van der Waals surface area contributed by atoms with Crippen LogP contribution in [0.1, 0.15) is 36.6 Å². The maximum Gasteiger partial charge on any atom is 0.167 e. The van der Waals surface area contributed by atoms with Crippen LogP contribution in [0.5, 0.6) is 23.0 Å². The second kappa shape index (κ2) is 11.7. The van der Waals surface area contributed by atoms with Crippen molar-refractivity contribution in [2.75, 3.05) is 32.8 Å². The molecule has 33 heavy (non-hydrogen) atoms. The monoisotopic (exact) mass is 471 g/mol. The van der Waals surface area contributed by atoms with Crippen molar-refractivity contribution < 1.29 is 24.1 Å². The predicted octanol–water partition coefficient (Wildman–Crippen LogP) is 5.85. The van der Waals surface area contributed by atoms with Crippen molar-refractivity contribution >= 4 is 17.3 Å². The fraction of sp³-hybridized carbons (Fsp3) is 0.308. The van der Waals surface area contributed by atoms with E-state index in [1.165, 1.54) is 0 Å². The second-order valence-electron chi connectivity index (χ2n) is 7.21. The molecule has 0 aliphatic heterocycles. The zero-order valence-corrected chi connectivity index (χ0v) is 20.1. The summed E-state index contributed by atoms with van der Waals surface area (Å²) in [6.07, 6.45) is -0.981. The van der Waals surface area contributed by atoms with Crippen LogP contribution in [0.3, 0.4) is 0 Å². The minimum absolute atomic E-state index is 0.446. The Kier molecular flexibility index (Phi) is 8.69. The molecule has 0 fully saturated rings. The van der Waals surface area contributed by atoms with Crippen LogP contribution in [0.15, 0.2) is 54.6 Å². The number of hydrogen-bond donors (Lipinski definition) is 2. The average Bonchev–Trinajstić information content (AvgIpc) is 2.84. The normalized spacial score (nSPS) is 11.6. The predicted molar refractivity (Wildman–Crippen MR) is 131 cm³/mol. The van der Waals surface area contributed by atoms with Gasteiger partial charge in [0.15, 0.2) is 11.5 Å². The highest BCUT2D eigenvalue weighted by atomic mass is 35.5. The van der Waals surface area contributed by atoms with E-state index in [0.717, 1.165) is 17.0 Å². The van der Waals surface area contributed by atoms with Crippen LogP contribution in [-0.4, -0.2) is 32.5 Å². The fourth-order valence-electron chi connectivity index (χ4n) is 3.59. The molecular formula is C26H30ClNO5. The molecule has 0 aromatic heterocycles. The van der Waals surface area contributed by atoms with Crippen molar-refractivity contribution in [2.24, 2.45) is 0 Å². The van der Waals surface area contributed by atoms with Gasteiger partial charge in [-0.2, -0.15) is 0 Å². The molecular weight excluding hydrogens is 442 g/mol. The lowest BCUT2D eigenvalue weighted by atomic mass is 9.98. The summed E-state index contributed by atoms with van der Waals surface area (Å²) in [5, 5.41) is 15.3. The average molecular weight is 472 g/mol. The number of halogens is 1. The molecule has 0 saturated heterocycles. The van der Waals surface area contributed by atoms with Gasteiger partial charge in [0.2, 0.25) is 0 Å². The first-order valence-electron chi connectivity index (χ1n) is 10.8. The smallest absolute Gasteiger partial charge is 0.167 e. The minimum Gasteiger partial charge on any atom is -0.497 e. The Morgan fingerprint density at radius 1 is 0.879 bits per heavy atom. The maximum absolute atomic E-state index is 11.4. The summed E-state index contributed by atoms with van der Waals surface area (Å²) < 4.78 is 22.3. The van der Waals surface area contributed by atoms with Gasteiger partial charge in [-0.25, -0.2) is 0 Å². The highest BCUT2D eigenvalue weighted by Crippen LogP contribution is 2.40. The lowest BCUT2D eigenvalue weighted by molar-refractivity contribution is 0.208. The molecule has 0 spiro atoms. The molecule has 1 atom stereocenters. The summed E-state index contributed by atoms with van der Waals surface area (Å²) in [5.41, 5.74) is 2.93. The third-order valence-corrected chi connectivity index (χ3v) is 5.40. The van der Waals surface area contributed by atoms with Gasteiger partial charge in [-0.3, -0.25) is 0 Å². The van der Waals surface area contributed by atoms with E-state index in [0.29, 0.717) is 53.2 Å². The summed E-state index contributed by atoms with van der Waals surface area (Å²) in [4.78, 5) is 0. The van der Waals surface area contributed by atoms with E-state index in [1.807, 2.05) is 56.3 Å². The van der Waals surface area contributed by atoms with Crippen molar-refractivity contribution in [1.29, 1.82) is 0 Å². The molecule has 0 bridgehead atoms. The number of para-hydroxylation sites is 1. The molecule has 0 aliphatic rings. The Hall–Kier alpha value is -3.09. The van der Waals surface area contributed by atoms with E-state index < -0.39 is 6.10 Å². The van der Waals surface area contributed by atoms with Gasteiger partial charge in [-0.1, -0.05) is 23.7 Å². The van der Waals surface area contributed by atoms with Crippen LogP contribution in [0.25, 0.3) is 0 Å². The van der Waals surface area contributed by atoms with Gasteiger partial charge in [-0.05, 0) is 50.2 Å². The largest absolute Gasteiger partial charge is 0.497 e. The Morgan fingerprint density at radius 3 is 2.36 bits per heavy atom. The van der Waals surface area contributed by atoms with Crippen LogP contribution >= 0.6 is 11.6 Å². The molecule has 3 rings (SSSR count). The third kappa shape index (κ3) is 5.83. The molecule has 3 aromatic carbocycles. The highest BCUT2D eigenvalue weighted by molar-refractivity contribution is 6.30. The number of aliphatic hydroxyl groups excluding tert-OH is 1. The lowest BCUT2D eigenvalue weighted by Crippen LogP contribution is -2.10. The first-order chi connectivity index (χ1) is 16.0. The molecule has 176 valence electrons. The zero-order chi connectivity index (χ0) is 23.8. The lowest BCUT2D eigenvalue weighted by Gasteiger charge is -2.22. The summed E-state index contributed by atoms with van der Waals surface area (Å²) in [5.74, 6) is 2.55. The number of anilines is 1. The Balaban J connectivity index is 1.94. The fourth-order valence-corrected chi connectivity index (χ4v) is 3.77. The van der Waals surface area contributed by atoms with Crippen LogP contribution in [0, 0.1) is 0 Å². The molecule has 0 saturated carbocycles. The highest BCUT2D eigenvalue weighted by Gasteiger charge is 2.22. The molecule has 3 aromatic rings. The van der Waals surface area contributed by atoms with Crippen LogP contribution in [0.4, 0.5) is 5.69 Å². The number of rotatable bonds is 11. The van der Waals surface area contributed by atoms with E-state index >= 15 is 0 Å². The van der Waals surface area contributed by atoms with Crippen LogP contribution in [0.2, 0.25) is 5.02 Å². The second-order valence-corrected chi connectivity index (χ2v) is 7.64. The van der Waals surface area contributed by atoms with Crippen LogP contribution in [-0.2, 0) is 6.54 Å². The maximum atomic E-state index is 11.4. The SMILES string of the molecule is CCOc1cccc(C(O)c2cc(Cl)ccc2NCc2ccc(OC)cc2OC)c1OCC. The van der Waals surface area contributed by atoms with E-state index in [9.17, 15) is 5.11 Å². The summed E-state index contributed by atoms with van der Waals surface area (Å²) in [6, 6.07) is 16.5. The van der Waals surface area contributed by atoms with Gasteiger partial charge in [0.1, 0.15) is 17.6 Å².